The molecule has 0 N–H and O–H groups in total. The number of ether oxygens (including phenoxy) is 1. The van der Waals surface area contributed by atoms with Gasteiger partial charge in [0, 0.05) is 6.07 Å². The van der Waals surface area contributed by atoms with Crippen molar-refractivity contribution in [2.75, 3.05) is 12.0 Å². The summed E-state index contributed by atoms with van der Waals surface area (Å²) >= 11 is 5.68. The Morgan fingerprint density at radius 3 is 2.71 bits per heavy atom. The molecule has 3 rings (SSSR count). The number of rotatable bonds is 3. The fourth-order valence-corrected chi connectivity index (χ4v) is 2.24. The Labute approximate surface area is 125 Å². The van der Waals surface area contributed by atoms with Gasteiger partial charge in [0.05, 0.1) is 43.0 Å². The molecule has 0 radical (unpaired) electrons. The smallest absolute Gasteiger partial charge is 0.299 e. The number of anilines is 1. The highest BCUT2D eigenvalue weighted by Gasteiger charge is 2.36. The lowest BCUT2D eigenvalue weighted by atomic mass is 10.1. The van der Waals surface area contributed by atoms with Crippen LogP contribution in [-0.2, 0) is 11.3 Å². The Morgan fingerprint density at radius 1 is 1.24 bits per heavy atom. The Bertz CT molecular complexity index is 731. The number of amides is 1. The number of methoxy groups -OCH3 is 1. The molecule has 1 aromatic heterocycles. The minimum atomic E-state index is -0.588. The average molecular weight is 304 g/mol. The van der Waals surface area contributed by atoms with Crippen LogP contribution in [0, 0.1) is 0 Å². The molecule has 0 aliphatic carbocycles. The summed E-state index contributed by atoms with van der Waals surface area (Å²) in [6, 6.07) is 4.89. The predicted octanol–water partition coefficient (Wildman–Crippen LogP) is 1.87. The molecular weight excluding hydrogens is 294 g/mol. The van der Waals surface area contributed by atoms with Crippen molar-refractivity contribution >= 4 is 29.0 Å². The summed E-state index contributed by atoms with van der Waals surface area (Å²) in [5, 5.41) is 0.268. The van der Waals surface area contributed by atoms with Crippen molar-refractivity contribution in [1.29, 1.82) is 0 Å². The number of aromatic nitrogens is 2. The largest absolute Gasteiger partial charge is 0.497 e. The molecule has 1 aromatic carbocycles. The molecule has 0 atom stereocenters. The van der Waals surface area contributed by atoms with Crippen LogP contribution in [0.3, 0.4) is 0 Å². The molecule has 0 fully saturated rings. The highest BCUT2D eigenvalue weighted by molar-refractivity contribution is 6.52. The molecule has 0 spiro atoms. The zero-order valence-electron chi connectivity index (χ0n) is 11.0. The topological polar surface area (TPSA) is 72.4 Å². The van der Waals surface area contributed by atoms with E-state index in [9.17, 15) is 9.59 Å². The summed E-state index contributed by atoms with van der Waals surface area (Å²) in [5.74, 6) is -0.548. The van der Waals surface area contributed by atoms with Crippen molar-refractivity contribution in [2.45, 2.75) is 6.54 Å². The molecular formula is C14H10ClN3O3. The zero-order valence-corrected chi connectivity index (χ0v) is 11.8. The molecule has 1 amide bonds. The number of hydrogen-bond donors (Lipinski definition) is 0. The first-order chi connectivity index (χ1) is 10.1. The van der Waals surface area contributed by atoms with Crippen molar-refractivity contribution < 1.29 is 14.3 Å². The van der Waals surface area contributed by atoms with Crippen LogP contribution < -0.4 is 9.64 Å². The Kier molecular flexibility index (Phi) is 3.31. The summed E-state index contributed by atoms with van der Waals surface area (Å²) in [4.78, 5) is 33.4. The molecule has 0 bridgehead atoms. The summed E-state index contributed by atoms with van der Waals surface area (Å²) < 4.78 is 5.13. The molecule has 0 saturated heterocycles. The van der Waals surface area contributed by atoms with Crippen molar-refractivity contribution in [2.24, 2.45) is 0 Å². The van der Waals surface area contributed by atoms with E-state index >= 15 is 0 Å². The lowest BCUT2D eigenvalue weighted by molar-refractivity contribution is -0.114. The number of nitrogens with zero attached hydrogens (tertiary/aromatic N) is 3. The Hall–Kier alpha value is -2.47. The van der Waals surface area contributed by atoms with Crippen LogP contribution in [0.2, 0.25) is 5.15 Å². The third-order valence-corrected chi connectivity index (χ3v) is 3.37. The fourth-order valence-electron chi connectivity index (χ4n) is 2.14. The quantitative estimate of drug-likeness (QED) is 0.809. The van der Waals surface area contributed by atoms with Crippen LogP contribution in [0.4, 0.5) is 5.69 Å². The van der Waals surface area contributed by atoms with Crippen LogP contribution in [0.15, 0.2) is 30.6 Å². The molecule has 6 nitrogen and oxygen atoms in total. The van der Waals surface area contributed by atoms with Gasteiger partial charge in [-0.3, -0.25) is 19.5 Å². The third-order valence-electron chi connectivity index (χ3n) is 3.17. The summed E-state index contributed by atoms with van der Waals surface area (Å²) in [6.07, 6.45) is 2.87. The second-order valence-electron chi connectivity index (χ2n) is 4.43. The summed E-state index contributed by atoms with van der Waals surface area (Å²) in [5.41, 5.74) is 1.42. The van der Waals surface area contributed by atoms with Gasteiger partial charge >= 0.3 is 0 Å². The van der Waals surface area contributed by atoms with E-state index in [1.165, 1.54) is 24.4 Å². The van der Waals surface area contributed by atoms with Gasteiger partial charge in [0.2, 0.25) is 0 Å². The number of fused-ring (bicyclic) bond motifs is 1. The second kappa shape index (κ2) is 5.14. The van der Waals surface area contributed by atoms with Crippen LogP contribution in [-0.4, -0.2) is 28.8 Å². The van der Waals surface area contributed by atoms with E-state index in [0.29, 0.717) is 22.7 Å². The fraction of sp³-hybridized carbons (Fsp3) is 0.143. The third kappa shape index (κ3) is 2.34. The minimum absolute atomic E-state index is 0.148. The van der Waals surface area contributed by atoms with Gasteiger partial charge < -0.3 is 4.74 Å². The molecule has 0 unspecified atom stereocenters. The highest BCUT2D eigenvalue weighted by atomic mass is 35.5. The molecule has 1 aliphatic rings. The number of ketones is 1. The van der Waals surface area contributed by atoms with E-state index < -0.39 is 11.7 Å². The maximum atomic E-state index is 12.1. The number of carbonyl (C=O) groups excluding carboxylic acids is 2. The van der Waals surface area contributed by atoms with Crippen molar-refractivity contribution in [3.63, 3.8) is 0 Å². The van der Waals surface area contributed by atoms with E-state index in [1.54, 1.807) is 18.2 Å². The number of hydrogen-bond acceptors (Lipinski definition) is 5. The van der Waals surface area contributed by atoms with Gasteiger partial charge in [-0.15, -0.1) is 0 Å². The first-order valence-corrected chi connectivity index (χ1v) is 6.48. The first kappa shape index (κ1) is 13.5. The standard InChI is InChI=1S/C14H10ClN3O3/c1-21-9-2-3-10-11(4-9)18(14(20)13(10)19)7-8-5-17-12(15)6-16-8/h2-6H,7H2,1H3. The summed E-state index contributed by atoms with van der Waals surface area (Å²) in [7, 11) is 1.52. The van der Waals surface area contributed by atoms with E-state index in [4.69, 9.17) is 16.3 Å². The van der Waals surface area contributed by atoms with E-state index in [2.05, 4.69) is 9.97 Å². The van der Waals surface area contributed by atoms with Crippen molar-refractivity contribution in [3.8, 4) is 5.75 Å². The minimum Gasteiger partial charge on any atom is -0.497 e. The van der Waals surface area contributed by atoms with Crippen LogP contribution in [0.5, 0.6) is 5.75 Å². The Morgan fingerprint density at radius 2 is 2.05 bits per heavy atom. The normalized spacial score (nSPS) is 13.5. The SMILES string of the molecule is COc1ccc2c(c1)N(Cc1cnc(Cl)cn1)C(=O)C2=O. The van der Waals surface area contributed by atoms with E-state index in [-0.39, 0.29) is 11.7 Å². The molecule has 0 saturated carbocycles. The van der Waals surface area contributed by atoms with Gasteiger partial charge in [-0.2, -0.15) is 0 Å². The molecule has 2 aromatic rings. The molecule has 1 aliphatic heterocycles. The predicted molar refractivity (Wildman–Crippen MR) is 75.6 cm³/mol. The molecule has 2 heterocycles. The van der Waals surface area contributed by atoms with Crippen LogP contribution >= 0.6 is 11.6 Å². The van der Waals surface area contributed by atoms with Crippen molar-refractivity contribution in [3.05, 3.63) is 47.0 Å². The molecule has 106 valence electrons. The maximum Gasteiger partial charge on any atom is 0.299 e. The maximum absolute atomic E-state index is 12.1. The molecule has 21 heavy (non-hydrogen) atoms. The number of benzene rings is 1. The summed E-state index contributed by atoms with van der Waals surface area (Å²) in [6.45, 7) is 0.148. The van der Waals surface area contributed by atoms with Crippen molar-refractivity contribution in [1.82, 2.24) is 9.97 Å². The lowest BCUT2D eigenvalue weighted by Crippen LogP contribution is -2.29. The van der Waals surface area contributed by atoms with Gasteiger partial charge in [0.25, 0.3) is 11.7 Å². The van der Waals surface area contributed by atoms with Gasteiger partial charge in [-0.05, 0) is 12.1 Å². The van der Waals surface area contributed by atoms with Gasteiger partial charge in [-0.1, -0.05) is 11.6 Å². The number of Topliss-reactive ketones (excluding diaryl/α,β-unsaturated/α-hetero) is 1. The van der Waals surface area contributed by atoms with Gasteiger partial charge in [-0.25, -0.2) is 4.98 Å². The first-order valence-electron chi connectivity index (χ1n) is 6.11. The van der Waals surface area contributed by atoms with Crippen LogP contribution in [0.25, 0.3) is 0 Å². The van der Waals surface area contributed by atoms with Gasteiger partial charge in [0.15, 0.2) is 0 Å². The average Bonchev–Trinajstić information content (AvgIpc) is 2.74. The Balaban J connectivity index is 1.98. The van der Waals surface area contributed by atoms with Gasteiger partial charge in [0.1, 0.15) is 10.9 Å². The number of halogens is 1. The highest BCUT2D eigenvalue weighted by Crippen LogP contribution is 2.33. The lowest BCUT2D eigenvalue weighted by Gasteiger charge is -2.16. The molecule has 7 heteroatoms. The number of carbonyl (C=O) groups is 2. The van der Waals surface area contributed by atoms with E-state index in [1.807, 2.05) is 0 Å². The zero-order chi connectivity index (χ0) is 15.0. The second-order valence-corrected chi connectivity index (χ2v) is 4.82. The van der Waals surface area contributed by atoms with E-state index in [0.717, 1.165) is 0 Å². The van der Waals surface area contributed by atoms with Crippen LogP contribution in [0.1, 0.15) is 16.1 Å². The monoisotopic (exact) mass is 303 g/mol.